The van der Waals surface area contributed by atoms with Crippen LogP contribution in [0.25, 0.3) is 0 Å². The highest BCUT2D eigenvalue weighted by molar-refractivity contribution is 8.00. The number of hydrogen-bond donors (Lipinski definition) is 0. The zero-order valence-corrected chi connectivity index (χ0v) is 19.0. The molecule has 2 aliphatic rings. The lowest BCUT2D eigenvalue weighted by molar-refractivity contribution is -0.139. The maximum atomic E-state index is 14.8. The first kappa shape index (κ1) is 24.4. The van der Waals surface area contributed by atoms with Crippen LogP contribution >= 0.6 is 0 Å². The van der Waals surface area contributed by atoms with Gasteiger partial charge in [0.25, 0.3) is 0 Å². The minimum absolute atomic E-state index is 0.0123. The second kappa shape index (κ2) is 9.16. The van der Waals surface area contributed by atoms with Crippen LogP contribution in [0.3, 0.4) is 0 Å². The third kappa shape index (κ3) is 5.03. The molecule has 0 N–H and O–H groups in total. The summed E-state index contributed by atoms with van der Waals surface area (Å²) in [5.74, 6) is 1.87. The Morgan fingerprint density at radius 3 is 2.41 bits per heavy atom. The molecule has 0 bridgehead atoms. The number of nitrogens with zero attached hydrogens (tertiary/aromatic N) is 3. The van der Waals surface area contributed by atoms with Crippen molar-refractivity contribution in [1.29, 1.82) is 0 Å². The molecule has 1 unspecified atom stereocenters. The molecular weight excluding hydrogens is 477 g/mol. The number of anilines is 1. The van der Waals surface area contributed by atoms with Crippen molar-refractivity contribution < 1.29 is 31.0 Å². The molecule has 2 fully saturated rings. The number of hydrogen-bond acceptors (Lipinski definition) is 4. The lowest BCUT2D eigenvalue weighted by Gasteiger charge is -2.44. The molecule has 0 spiro atoms. The molecule has 184 valence electrons. The zero-order valence-electron chi connectivity index (χ0n) is 18.2. The molecule has 1 aromatic heterocycles. The number of halogens is 5. The molecular formula is C23H24F5N3O2S. The topological polar surface area (TPSA) is 53.5 Å². The van der Waals surface area contributed by atoms with Crippen LogP contribution in [0.15, 0.2) is 36.5 Å². The zero-order chi connectivity index (χ0) is 24.7. The summed E-state index contributed by atoms with van der Waals surface area (Å²) in [7, 11) is -2.19. The first-order chi connectivity index (χ1) is 16.0. The fourth-order valence-electron chi connectivity index (χ4n) is 4.48. The first-order valence-electron chi connectivity index (χ1n) is 10.8. The molecule has 0 radical (unpaired) electrons. The summed E-state index contributed by atoms with van der Waals surface area (Å²) in [5.41, 5.74) is -0.904. The number of alkyl halides is 3. The lowest BCUT2D eigenvalue weighted by atomic mass is 9.96. The Morgan fingerprint density at radius 1 is 1.09 bits per heavy atom. The number of pyridine rings is 1. The molecule has 2 aromatic rings. The highest BCUT2D eigenvalue weighted by atomic mass is 32.2. The fraction of sp³-hybridized carbons (Fsp3) is 0.435. The quantitative estimate of drug-likeness (QED) is 0.473. The van der Waals surface area contributed by atoms with E-state index in [9.17, 15) is 31.0 Å². The Kier molecular flexibility index (Phi) is 6.58. The van der Waals surface area contributed by atoms with Crippen LogP contribution in [0.1, 0.15) is 30.0 Å². The number of benzene rings is 1. The highest BCUT2D eigenvalue weighted by Gasteiger charge is 2.38. The maximum absolute atomic E-state index is 14.8. The normalized spacial score (nSPS) is 25.9. The third-order valence-corrected chi connectivity index (χ3v) is 8.39. The van der Waals surface area contributed by atoms with Crippen LogP contribution in [0.4, 0.5) is 27.8 Å². The Hall–Kier alpha value is -2.69. The van der Waals surface area contributed by atoms with Crippen molar-refractivity contribution in [3.63, 3.8) is 0 Å². The van der Waals surface area contributed by atoms with Crippen molar-refractivity contribution in [3.05, 3.63) is 59.3 Å². The predicted octanol–water partition coefficient (Wildman–Crippen LogP) is 3.89. The van der Waals surface area contributed by atoms with Gasteiger partial charge in [-0.25, -0.2) is 13.8 Å². The van der Waals surface area contributed by atoms with E-state index in [4.69, 9.17) is 0 Å². The van der Waals surface area contributed by atoms with Crippen molar-refractivity contribution in [2.75, 3.05) is 36.0 Å². The van der Waals surface area contributed by atoms with E-state index in [1.807, 2.05) is 0 Å². The van der Waals surface area contributed by atoms with Crippen molar-refractivity contribution in [2.45, 2.75) is 25.1 Å². The van der Waals surface area contributed by atoms with Gasteiger partial charge in [0.2, 0.25) is 5.91 Å². The number of piperazine rings is 1. The second-order valence-corrected chi connectivity index (χ2v) is 11.4. The largest absolute Gasteiger partial charge is 0.417 e. The number of amides is 1. The maximum Gasteiger partial charge on any atom is 0.417 e. The van der Waals surface area contributed by atoms with E-state index in [1.165, 1.54) is 23.1 Å². The Labute approximate surface area is 194 Å². The molecule has 11 heteroatoms. The summed E-state index contributed by atoms with van der Waals surface area (Å²) in [4.78, 5) is 20.4. The van der Waals surface area contributed by atoms with Crippen LogP contribution in [0, 0.1) is 17.6 Å². The van der Waals surface area contributed by atoms with E-state index < -0.39 is 44.9 Å². The summed E-state index contributed by atoms with van der Waals surface area (Å²) >= 11 is 0. The van der Waals surface area contributed by atoms with Gasteiger partial charge in [-0.15, -0.1) is 0 Å². The standard InChI is InChI=1S/C23H24F5N3O2S/c1-34(33)11-7-15(8-12-34)22(32)31-10-9-30(20-6-5-16(13-29-20)23(26,27)28)14-19(31)17-3-2-4-18(24)21(17)25/h2-6,13,15,19H,1,7-12,14H2. The van der Waals surface area contributed by atoms with E-state index in [1.54, 1.807) is 4.90 Å². The molecule has 1 aromatic carbocycles. The summed E-state index contributed by atoms with van der Waals surface area (Å²) < 4.78 is 79.7. The van der Waals surface area contributed by atoms with Gasteiger partial charge in [-0.1, -0.05) is 12.1 Å². The molecule has 2 aliphatic heterocycles. The van der Waals surface area contributed by atoms with E-state index >= 15 is 0 Å². The van der Waals surface area contributed by atoms with E-state index in [0.29, 0.717) is 24.3 Å². The molecule has 1 amide bonds. The highest BCUT2D eigenvalue weighted by Crippen LogP contribution is 2.34. The molecule has 0 aliphatic carbocycles. The van der Waals surface area contributed by atoms with Crippen LogP contribution in [0.5, 0.6) is 0 Å². The molecule has 5 nitrogen and oxygen atoms in total. The average Bonchev–Trinajstić information content (AvgIpc) is 2.79. The van der Waals surface area contributed by atoms with Gasteiger partial charge in [-0.3, -0.25) is 9.00 Å². The smallest absolute Gasteiger partial charge is 0.352 e. The Balaban J connectivity index is 1.62. The molecule has 4 rings (SSSR count). The summed E-state index contributed by atoms with van der Waals surface area (Å²) in [6.45, 7) is 0.442. The predicted molar refractivity (Wildman–Crippen MR) is 120 cm³/mol. The van der Waals surface area contributed by atoms with Crippen molar-refractivity contribution >= 4 is 27.1 Å². The fourth-order valence-corrected chi connectivity index (χ4v) is 6.11. The molecule has 0 saturated carbocycles. The van der Waals surface area contributed by atoms with Crippen molar-refractivity contribution in [1.82, 2.24) is 9.88 Å². The Bertz CT molecular complexity index is 1150. The van der Waals surface area contributed by atoms with Crippen molar-refractivity contribution in [2.24, 2.45) is 5.92 Å². The first-order valence-corrected chi connectivity index (χ1v) is 12.9. The van der Waals surface area contributed by atoms with Gasteiger partial charge >= 0.3 is 6.18 Å². The van der Waals surface area contributed by atoms with Gasteiger partial charge in [0.15, 0.2) is 11.6 Å². The SMILES string of the molecule is C=S1(=O)CCC(C(=O)N2CCN(c3ccc(C(F)(F)F)cn3)CC2c2cccc(F)c2F)CC1. The molecule has 2 saturated heterocycles. The monoisotopic (exact) mass is 501 g/mol. The molecule has 34 heavy (non-hydrogen) atoms. The summed E-state index contributed by atoms with van der Waals surface area (Å²) in [6, 6.07) is 5.00. The van der Waals surface area contributed by atoms with Gasteiger partial charge in [0.05, 0.1) is 11.6 Å². The molecule has 1 atom stereocenters. The second-order valence-electron chi connectivity index (χ2n) is 8.69. The minimum atomic E-state index is -4.53. The van der Waals surface area contributed by atoms with E-state index in [2.05, 4.69) is 10.9 Å². The van der Waals surface area contributed by atoms with Gasteiger partial charge in [-0.2, -0.15) is 13.2 Å². The molecule has 3 heterocycles. The van der Waals surface area contributed by atoms with Crippen LogP contribution in [-0.4, -0.2) is 57.0 Å². The minimum Gasteiger partial charge on any atom is -0.352 e. The van der Waals surface area contributed by atoms with Gasteiger partial charge < -0.3 is 9.80 Å². The van der Waals surface area contributed by atoms with Crippen LogP contribution in [0.2, 0.25) is 0 Å². The third-order valence-electron chi connectivity index (χ3n) is 6.43. The number of carbonyl (C=O) groups excluding carboxylic acids is 1. The summed E-state index contributed by atoms with van der Waals surface area (Å²) in [6.07, 6.45) is -3.00. The van der Waals surface area contributed by atoms with E-state index in [-0.39, 0.29) is 36.9 Å². The van der Waals surface area contributed by atoms with Crippen molar-refractivity contribution in [3.8, 4) is 0 Å². The average molecular weight is 502 g/mol. The number of aromatic nitrogens is 1. The van der Waals surface area contributed by atoms with Crippen LogP contribution < -0.4 is 4.90 Å². The Morgan fingerprint density at radius 2 is 1.79 bits per heavy atom. The number of carbonyl (C=O) groups is 1. The summed E-state index contributed by atoms with van der Waals surface area (Å²) in [5, 5.41) is 0. The lowest BCUT2D eigenvalue weighted by Crippen LogP contribution is -2.53. The van der Waals surface area contributed by atoms with Gasteiger partial charge in [0.1, 0.15) is 5.82 Å². The van der Waals surface area contributed by atoms with Gasteiger partial charge in [-0.05, 0) is 46.4 Å². The van der Waals surface area contributed by atoms with E-state index in [0.717, 1.165) is 18.3 Å². The number of rotatable bonds is 3. The van der Waals surface area contributed by atoms with Crippen LogP contribution in [-0.2, 0) is 20.5 Å². The van der Waals surface area contributed by atoms with Gasteiger partial charge in [0, 0.05) is 48.8 Å².